The van der Waals surface area contributed by atoms with Gasteiger partial charge in [0, 0.05) is 40.8 Å². The lowest BCUT2D eigenvalue weighted by Gasteiger charge is -2.21. The van der Waals surface area contributed by atoms with Crippen LogP contribution in [0.4, 0.5) is 11.4 Å². The Morgan fingerprint density at radius 1 is 0.974 bits per heavy atom. The third-order valence-electron chi connectivity index (χ3n) is 6.75. The molecule has 0 spiro atoms. The van der Waals surface area contributed by atoms with Gasteiger partial charge in [-0.1, -0.05) is 68.1 Å². The Bertz CT molecular complexity index is 1520. The first-order valence-electron chi connectivity index (χ1n) is 12.8. The van der Waals surface area contributed by atoms with E-state index in [1.807, 2.05) is 37.4 Å². The standard InChI is InChI=1S/C33H32N4O/c1-6-23-10-15-29(20-31(23)38-5)36-33-32-27(16-17-34-32)19-30(37-33)26-9-7-8-25(18-26)22(4)35-28-13-11-24(12-14-28)21(2)3/h7-20,27,35H,2,4,6H2,1,3,5H3,(H,36,37). The van der Waals surface area contributed by atoms with Crippen LogP contribution in [-0.2, 0) is 6.42 Å². The minimum Gasteiger partial charge on any atom is -0.496 e. The Balaban J connectivity index is 1.40. The molecular weight excluding hydrogens is 468 g/mol. The van der Waals surface area contributed by atoms with E-state index in [4.69, 9.17) is 9.73 Å². The summed E-state index contributed by atoms with van der Waals surface area (Å²) in [7, 11) is 1.70. The number of benzene rings is 3. The normalized spacial score (nSPS) is 15.7. The molecule has 0 saturated carbocycles. The average Bonchev–Trinajstić information content (AvgIpc) is 3.42. The SMILES string of the molecule is C=C(C)c1ccc(NC(=C)c2cccc(C3=CC4C=CN=C4C(Nc4ccc(CC)c(OC)c4)=N3)c2)cc1. The molecule has 0 fully saturated rings. The molecule has 2 heterocycles. The van der Waals surface area contributed by atoms with E-state index in [0.29, 0.717) is 0 Å². The molecule has 0 aromatic heterocycles. The van der Waals surface area contributed by atoms with Crippen LogP contribution in [0, 0.1) is 5.92 Å². The first kappa shape index (κ1) is 25.0. The molecule has 3 aromatic carbocycles. The van der Waals surface area contributed by atoms with Crippen molar-refractivity contribution >= 4 is 39.9 Å². The third kappa shape index (κ3) is 5.23. The first-order valence-corrected chi connectivity index (χ1v) is 12.8. The van der Waals surface area contributed by atoms with E-state index in [-0.39, 0.29) is 5.92 Å². The number of anilines is 2. The van der Waals surface area contributed by atoms with E-state index >= 15 is 0 Å². The highest BCUT2D eigenvalue weighted by Gasteiger charge is 2.26. The van der Waals surface area contributed by atoms with Gasteiger partial charge in [-0.25, -0.2) is 4.99 Å². The monoisotopic (exact) mass is 500 g/mol. The summed E-state index contributed by atoms with van der Waals surface area (Å²) in [6.45, 7) is 12.4. The molecule has 2 N–H and O–H groups in total. The fourth-order valence-corrected chi connectivity index (χ4v) is 4.59. The summed E-state index contributed by atoms with van der Waals surface area (Å²) in [5.74, 6) is 1.67. The summed E-state index contributed by atoms with van der Waals surface area (Å²) < 4.78 is 5.59. The third-order valence-corrected chi connectivity index (χ3v) is 6.75. The molecule has 2 aliphatic heterocycles. The van der Waals surface area contributed by atoms with Crippen molar-refractivity contribution in [3.8, 4) is 5.75 Å². The number of rotatable bonds is 8. The van der Waals surface area contributed by atoms with Crippen molar-refractivity contribution in [2.45, 2.75) is 20.3 Å². The number of amidine groups is 1. The van der Waals surface area contributed by atoms with E-state index < -0.39 is 0 Å². The second kappa shape index (κ2) is 10.8. The number of methoxy groups -OCH3 is 1. The lowest BCUT2D eigenvalue weighted by Crippen LogP contribution is -2.29. The van der Waals surface area contributed by atoms with Gasteiger partial charge >= 0.3 is 0 Å². The highest BCUT2D eigenvalue weighted by atomic mass is 16.5. The molecule has 3 aromatic rings. The van der Waals surface area contributed by atoms with Gasteiger partial charge < -0.3 is 15.4 Å². The summed E-state index contributed by atoms with van der Waals surface area (Å²) >= 11 is 0. The lowest BCUT2D eigenvalue weighted by molar-refractivity contribution is 0.410. The fraction of sp³-hybridized carbons (Fsp3) is 0.152. The van der Waals surface area contributed by atoms with Crippen molar-refractivity contribution < 1.29 is 4.74 Å². The molecule has 0 aliphatic carbocycles. The van der Waals surface area contributed by atoms with Gasteiger partial charge in [0.05, 0.1) is 18.5 Å². The predicted octanol–water partition coefficient (Wildman–Crippen LogP) is 7.82. The van der Waals surface area contributed by atoms with Gasteiger partial charge in [-0.05, 0) is 60.4 Å². The number of aryl methyl sites for hydroxylation is 1. The maximum absolute atomic E-state index is 5.59. The molecule has 190 valence electrons. The molecular formula is C33H32N4O. The number of hydrogen-bond donors (Lipinski definition) is 2. The van der Waals surface area contributed by atoms with Crippen LogP contribution in [0.3, 0.4) is 0 Å². The first-order chi connectivity index (χ1) is 18.4. The van der Waals surface area contributed by atoms with Crippen LogP contribution in [0.25, 0.3) is 17.0 Å². The molecule has 1 atom stereocenters. The Kier molecular flexibility index (Phi) is 7.09. The van der Waals surface area contributed by atoms with Gasteiger partial charge in [-0.15, -0.1) is 0 Å². The van der Waals surface area contributed by atoms with Crippen LogP contribution in [0.2, 0.25) is 0 Å². The van der Waals surface area contributed by atoms with Crippen molar-refractivity contribution in [3.63, 3.8) is 0 Å². The summed E-state index contributed by atoms with van der Waals surface area (Å²) in [4.78, 5) is 9.58. The van der Waals surface area contributed by atoms with Crippen molar-refractivity contribution in [3.05, 3.63) is 120 Å². The Labute approximate surface area is 224 Å². The van der Waals surface area contributed by atoms with E-state index in [0.717, 1.165) is 68.7 Å². The van der Waals surface area contributed by atoms with Crippen molar-refractivity contribution in [2.24, 2.45) is 15.9 Å². The van der Waals surface area contributed by atoms with Gasteiger partial charge in [0.15, 0.2) is 5.84 Å². The maximum Gasteiger partial charge on any atom is 0.153 e. The number of aliphatic imine (C=N–C) groups is 2. The van der Waals surface area contributed by atoms with Gasteiger partial charge in [-0.3, -0.25) is 4.99 Å². The lowest BCUT2D eigenvalue weighted by atomic mass is 9.96. The van der Waals surface area contributed by atoms with Gasteiger partial charge in [-0.2, -0.15) is 0 Å². The molecule has 5 nitrogen and oxygen atoms in total. The van der Waals surface area contributed by atoms with Crippen LogP contribution < -0.4 is 15.4 Å². The molecule has 1 unspecified atom stereocenters. The quantitative estimate of drug-likeness (QED) is 0.331. The Morgan fingerprint density at radius 2 is 1.76 bits per heavy atom. The number of allylic oxidation sites excluding steroid dienone is 3. The summed E-state index contributed by atoms with van der Waals surface area (Å²) in [6, 6.07) is 22.6. The number of nitrogens with one attached hydrogen (secondary N) is 2. The Morgan fingerprint density at radius 3 is 2.50 bits per heavy atom. The van der Waals surface area contributed by atoms with Crippen LogP contribution >= 0.6 is 0 Å². The second-order valence-corrected chi connectivity index (χ2v) is 9.44. The van der Waals surface area contributed by atoms with E-state index in [1.54, 1.807) is 7.11 Å². The van der Waals surface area contributed by atoms with Crippen LogP contribution in [0.1, 0.15) is 36.1 Å². The minimum atomic E-state index is 0.0682. The zero-order chi connectivity index (χ0) is 26.6. The molecule has 38 heavy (non-hydrogen) atoms. The van der Waals surface area contributed by atoms with Crippen LogP contribution in [-0.4, -0.2) is 18.7 Å². The largest absolute Gasteiger partial charge is 0.496 e. The van der Waals surface area contributed by atoms with Crippen LogP contribution in [0.5, 0.6) is 5.75 Å². The minimum absolute atomic E-state index is 0.0682. The highest BCUT2D eigenvalue weighted by Crippen LogP contribution is 2.31. The van der Waals surface area contributed by atoms with Crippen molar-refractivity contribution in [2.75, 3.05) is 17.7 Å². The molecule has 0 saturated heterocycles. The van der Waals surface area contributed by atoms with Crippen molar-refractivity contribution in [1.29, 1.82) is 0 Å². The van der Waals surface area contributed by atoms with Gasteiger partial charge in [0.2, 0.25) is 0 Å². The molecule has 5 rings (SSSR count). The fourth-order valence-electron chi connectivity index (χ4n) is 4.59. The summed E-state index contributed by atoms with van der Waals surface area (Å²) in [6.07, 6.45) is 7.00. The average molecular weight is 501 g/mol. The maximum atomic E-state index is 5.59. The summed E-state index contributed by atoms with van der Waals surface area (Å²) in [5.41, 5.74) is 9.86. The molecule has 0 bridgehead atoms. The Hall–Kier alpha value is -4.64. The number of ether oxygens (including phenoxy) is 1. The zero-order valence-corrected chi connectivity index (χ0v) is 22.1. The van der Waals surface area contributed by atoms with Gasteiger partial charge in [0.1, 0.15) is 5.75 Å². The predicted molar refractivity (Wildman–Crippen MR) is 162 cm³/mol. The molecule has 0 radical (unpaired) electrons. The topological polar surface area (TPSA) is 58.0 Å². The van der Waals surface area contributed by atoms with Crippen molar-refractivity contribution in [1.82, 2.24) is 0 Å². The van der Waals surface area contributed by atoms with E-state index in [9.17, 15) is 0 Å². The molecule has 0 amide bonds. The number of fused-ring (bicyclic) bond motifs is 1. The van der Waals surface area contributed by atoms with E-state index in [2.05, 4.69) is 90.3 Å². The molecule has 5 heteroatoms. The van der Waals surface area contributed by atoms with Gasteiger partial charge in [0.25, 0.3) is 0 Å². The summed E-state index contributed by atoms with van der Waals surface area (Å²) in [5, 5.41) is 6.90. The second-order valence-electron chi connectivity index (χ2n) is 9.44. The molecule has 2 aliphatic rings. The highest BCUT2D eigenvalue weighted by molar-refractivity contribution is 6.49. The number of hydrogen-bond acceptors (Lipinski definition) is 5. The smallest absolute Gasteiger partial charge is 0.153 e. The van der Waals surface area contributed by atoms with E-state index in [1.165, 1.54) is 5.56 Å². The van der Waals surface area contributed by atoms with Crippen LogP contribution in [0.15, 0.2) is 108 Å². The zero-order valence-electron chi connectivity index (χ0n) is 22.1. The number of nitrogens with zero attached hydrogens (tertiary/aromatic N) is 2.